The Bertz CT molecular complexity index is 210. The van der Waals surface area contributed by atoms with Crippen LogP contribution in [-0.4, -0.2) is 0 Å². The van der Waals surface area contributed by atoms with Crippen LogP contribution < -0.4 is 0 Å². The fraction of sp³-hybridized carbons (Fsp3) is 0.143. The van der Waals surface area contributed by atoms with Crippen molar-refractivity contribution in [2.24, 2.45) is 0 Å². The van der Waals surface area contributed by atoms with E-state index in [-0.39, 0.29) is 0 Å². The van der Waals surface area contributed by atoms with Gasteiger partial charge < -0.3 is 0 Å². The van der Waals surface area contributed by atoms with Gasteiger partial charge in [0, 0.05) is 8.47 Å². The second-order valence-electron chi connectivity index (χ2n) is 2.05. The predicted molar refractivity (Wildman–Crippen MR) is 56.2 cm³/mol. The highest BCUT2D eigenvalue weighted by Crippen LogP contribution is 2.24. The lowest BCUT2D eigenvalue weighted by molar-refractivity contribution is 1.30. The Morgan fingerprint density at radius 2 is 2.10 bits per heavy atom. The molecule has 0 atom stereocenters. The molecule has 0 saturated heterocycles. The molecule has 0 saturated carbocycles. The minimum absolute atomic E-state index is 0.774. The van der Waals surface area contributed by atoms with Crippen LogP contribution >= 0.6 is 46.8 Å². The lowest BCUT2D eigenvalue weighted by atomic mass is 10.2. The van der Waals surface area contributed by atoms with E-state index in [9.17, 15) is 0 Å². The number of rotatable bonds is 0. The van der Waals surface area contributed by atoms with Gasteiger partial charge in [-0.3, -0.25) is 0 Å². The highest BCUT2D eigenvalue weighted by atomic mass is 127. The van der Waals surface area contributed by atoms with Crippen molar-refractivity contribution in [1.29, 1.82) is 0 Å². The second-order valence-corrected chi connectivity index (χ2v) is 4.10. The first kappa shape index (κ1) is 8.68. The lowest BCUT2D eigenvalue weighted by Crippen LogP contribution is -1.79. The molecule has 1 aromatic carbocycles. The van der Waals surface area contributed by atoms with Gasteiger partial charge in [-0.15, -0.1) is 12.6 Å². The van der Waals surface area contributed by atoms with Gasteiger partial charge in [0.25, 0.3) is 0 Å². The van der Waals surface area contributed by atoms with Crippen molar-refractivity contribution in [3.05, 3.63) is 26.3 Å². The summed E-state index contributed by atoms with van der Waals surface area (Å²) in [5.74, 6) is 0. The summed E-state index contributed by atoms with van der Waals surface area (Å²) in [5.41, 5.74) is 1.16. The summed E-state index contributed by atoms with van der Waals surface area (Å²) in [6.45, 7) is 2.01. The smallest absolute Gasteiger partial charge is 0.0550 e. The van der Waals surface area contributed by atoms with Gasteiger partial charge in [-0.05, 0) is 47.2 Å². The first-order chi connectivity index (χ1) is 4.61. The van der Waals surface area contributed by atoms with Crippen molar-refractivity contribution in [3.8, 4) is 0 Å². The monoisotopic (exact) mass is 284 g/mol. The van der Waals surface area contributed by atoms with Gasteiger partial charge in [-0.2, -0.15) is 0 Å². The summed E-state index contributed by atoms with van der Waals surface area (Å²) in [6.07, 6.45) is 0. The largest absolute Gasteiger partial charge is 0.143 e. The Morgan fingerprint density at radius 1 is 1.50 bits per heavy atom. The molecule has 0 bridgehead atoms. The highest BCUT2D eigenvalue weighted by Gasteiger charge is 1.99. The van der Waals surface area contributed by atoms with Gasteiger partial charge in [0.2, 0.25) is 0 Å². The van der Waals surface area contributed by atoms with Gasteiger partial charge in [0.05, 0.1) is 5.02 Å². The molecule has 0 aliphatic heterocycles. The quantitative estimate of drug-likeness (QED) is 0.547. The SMILES string of the molecule is Cc1cc(I)c(Cl)cc1S. The van der Waals surface area contributed by atoms with Crippen LogP contribution in [0.25, 0.3) is 0 Å². The molecule has 0 nitrogen and oxygen atoms in total. The van der Waals surface area contributed by atoms with E-state index in [4.69, 9.17) is 11.6 Å². The van der Waals surface area contributed by atoms with Crippen molar-refractivity contribution < 1.29 is 0 Å². The van der Waals surface area contributed by atoms with Crippen molar-refractivity contribution in [2.45, 2.75) is 11.8 Å². The Hall–Kier alpha value is 0.590. The van der Waals surface area contributed by atoms with Crippen LogP contribution in [0.1, 0.15) is 5.56 Å². The van der Waals surface area contributed by atoms with Gasteiger partial charge >= 0.3 is 0 Å². The van der Waals surface area contributed by atoms with E-state index in [2.05, 4.69) is 35.2 Å². The van der Waals surface area contributed by atoms with Gasteiger partial charge in [-0.25, -0.2) is 0 Å². The molecule has 0 radical (unpaired) electrons. The van der Waals surface area contributed by atoms with E-state index in [0.29, 0.717) is 0 Å². The maximum absolute atomic E-state index is 5.83. The summed E-state index contributed by atoms with van der Waals surface area (Å²) >= 11 is 12.3. The molecule has 10 heavy (non-hydrogen) atoms. The summed E-state index contributed by atoms with van der Waals surface area (Å²) in [6, 6.07) is 3.88. The minimum atomic E-state index is 0.774. The van der Waals surface area contributed by atoms with Crippen LogP contribution in [0.5, 0.6) is 0 Å². The Morgan fingerprint density at radius 3 is 2.60 bits per heavy atom. The predicted octanol–water partition coefficient (Wildman–Crippen LogP) is 3.54. The van der Waals surface area contributed by atoms with E-state index in [1.54, 1.807) is 0 Å². The topological polar surface area (TPSA) is 0 Å². The van der Waals surface area contributed by atoms with Gasteiger partial charge in [0.15, 0.2) is 0 Å². The van der Waals surface area contributed by atoms with E-state index in [0.717, 1.165) is 19.1 Å². The van der Waals surface area contributed by atoms with Crippen molar-refractivity contribution in [2.75, 3.05) is 0 Å². The zero-order valence-corrected chi connectivity index (χ0v) is 9.17. The van der Waals surface area contributed by atoms with E-state index in [1.165, 1.54) is 0 Å². The molecule has 1 rings (SSSR count). The van der Waals surface area contributed by atoms with Gasteiger partial charge in [-0.1, -0.05) is 11.6 Å². The molecule has 1 aromatic rings. The molecule has 0 heterocycles. The van der Waals surface area contributed by atoms with E-state index >= 15 is 0 Å². The van der Waals surface area contributed by atoms with Crippen LogP contribution in [0.15, 0.2) is 17.0 Å². The molecule has 0 unspecified atom stereocenters. The first-order valence-electron chi connectivity index (χ1n) is 2.76. The highest BCUT2D eigenvalue weighted by molar-refractivity contribution is 14.1. The van der Waals surface area contributed by atoms with Crippen molar-refractivity contribution >= 4 is 46.8 Å². The molecule has 0 aliphatic rings. The zero-order valence-electron chi connectivity index (χ0n) is 5.36. The minimum Gasteiger partial charge on any atom is -0.143 e. The summed E-state index contributed by atoms with van der Waals surface area (Å²) in [7, 11) is 0. The number of halogens is 2. The normalized spacial score (nSPS) is 10.0. The maximum atomic E-state index is 5.83. The fourth-order valence-electron chi connectivity index (χ4n) is 0.636. The molecule has 0 aromatic heterocycles. The maximum Gasteiger partial charge on any atom is 0.0550 e. The summed E-state index contributed by atoms with van der Waals surface area (Å²) in [4.78, 5) is 0.949. The molecule has 0 amide bonds. The number of hydrogen-bond acceptors (Lipinski definition) is 1. The van der Waals surface area contributed by atoms with Crippen LogP contribution in [0, 0.1) is 10.5 Å². The lowest BCUT2D eigenvalue weighted by Gasteiger charge is -2.00. The van der Waals surface area contributed by atoms with Crippen LogP contribution in [0.4, 0.5) is 0 Å². The van der Waals surface area contributed by atoms with Crippen molar-refractivity contribution in [3.63, 3.8) is 0 Å². The second kappa shape index (κ2) is 3.32. The van der Waals surface area contributed by atoms with Crippen molar-refractivity contribution in [1.82, 2.24) is 0 Å². The van der Waals surface area contributed by atoms with Crippen LogP contribution in [0.2, 0.25) is 5.02 Å². The molecule has 0 fully saturated rings. The Kier molecular flexibility index (Phi) is 2.89. The zero-order chi connectivity index (χ0) is 7.72. The fourth-order valence-corrected chi connectivity index (χ4v) is 1.69. The third kappa shape index (κ3) is 1.80. The molecule has 54 valence electrons. The third-order valence-corrected chi connectivity index (χ3v) is 3.24. The number of thiol groups is 1. The average molecular weight is 285 g/mol. The van der Waals surface area contributed by atoms with Gasteiger partial charge in [0.1, 0.15) is 0 Å². The van der Waals surface area contributed by atoms with Crippen LogP contribution in [-0.2, 0) is 0 Å². The average Bonchev–Trinajstić information content (AvgIpc) is 1.84. The molecular weight excluding hydrogens is 279 g/mol. The summed E-state index contributed by atoms with van der Waals surface area (Å²) in [5, 5.41) is 0.774. The standard InChI is InChI=1S/C7H6ClIS/c1-4-2-6(9)5(8)3-7(4)10/h2-3,10H,1H3. The number of hydrogen-bond donors (Lipinski definition) is 1. The number of aryl methyl sites for hydroxylation is 1. The molecule has 0 spiro atoms. The molecule has 0 N–H and O–H groups in total. The number of benzene rings is 1. The Balaban J connectivity index is 3.28. The molecule has 3 heteroatoms. The first-order valence-corrected chi connectivity index (χ1v) is 4.66. The molecular formula is C7H6ClIS. The third-order valence-electron chi connectivity index (χ3n) is 1.24. The van der Waals surface area contributed by atoms with Crippen LogP contribution in [0.3, 0.4) is 0 Å². The van der Waals surface area contributed by atoms with E-state index < -0.39 is 0 Å². The summed E-state index contributed by atoms with van der Waals surface area (Å²) < 4.78 is 1.08. The molecule has 0 aliphatic carbocycles. The van der Waals surface area contributed by atoms with E-state index in [1.807, 2.05) is 19.1 Å². The Labute approximate surface area is 84.5 Å².